The monoisotopic (exact) mass is 503 g/mol. The van der Waals surface area contributed by atoms with Crippen LogP contribution in [-0.2, 0) is 0 Å². The molecule has 3 aromatic carbocycles. The highest BCUT2D eigenvalue weighted by Crippen LogP contribution is 2.34. The molecule has 0 aliphatic heterocycles. The average Bonchev–Trinajstić information content (AvgIpc) is 2.84. The number of rotatable bonds is 12. The molecule has 176 valence electrons. The van der Waals surface area contributed by atoms with Gasteiger partial charge in [-0.1, -0.05) is 79.7 Å². The van der Waals surface area contributed by atoms with E-state index in [1.165, 1.54) is 27.8 Å². The Morgan fingerprint density at radius 2 is 1.21 bits per heavy atom. The van der Waals surface area contributed by atoms with Crippen molar-refractivity contribution in [1.82, 2.24) is 4.90 Å². The maximum Gasteiger partial charge on any atom is 0.119 e. The van der Waals surface area contributed by atoms with Crippen molar-refractivity contribution in [1.29, 1.82) is 0 Å². The Labute approximate surface area is 214 Å². The third kappa shape index (κ3) is 8.08. The molecule has 0 atom stereocenters. The molecule has 0 radical (unpaired) electrons. The van der Waals surface area contributed by atoms with Crippen molar-refractivity contribution in [2.45, 2.75) is 13.3 Å². The first-order chi connectivity index (χ1) is 15.8. The fourth-order valence-electron chi connectivity index (χ4n) is 3.87. The Kier molecular flexibility index (Phi) is 12.4. The molecule has 3 rings (SSSR count). The van der Waals surface area contributed by atoms with E-state index in [-0.39, 0.29) is 12.4 Å². The second-order valence-corrected chi connectivity index (χ2v) is 8.29. The zero-order chi connectivity index (χ0) is 22.6. The molecule has 0 aromatic heterocycles. The molecule has 0 bridgehead atoms. The summed E-state index contributed by atoms with van der Waals surface area (Å²) in [7, 11) is 0. The van der Waals surface area contributed by atoms with E-state index in [4.69, 9.17) is 27.9 Å². The maximum absolute atomic E-state index is 6.00. The molecule has 0 saturated heterocycles. The van der Waals surface area contributed by atoms with Crippen LogP contribution in [0.1, 0.15) is 30.0 Å². The van der Waals surface area contributed by atoms with E-state index in [1.807, 2.05) is 0 Å². The Balaban J connectivity index is 0.00000385. The number of hydrogen-bond donors (Lipinski definition) is 0. The van der Waals surface area contributed by atoms with E-state index in [9.17, 15) is 0 Å². The normalized spacial score (nSPS) is 11.6. The highest BCUT2D eigenvalue weighted by atomic mass is 35.5. The lowest BCUT2D eigenvalue weighted by Crippen LogP contribution is -2.32. The molecule has 0 saturated carbocycles. The zero-order valence-corrected chi connectivity index (χ0v) is 21.4. The third-order valence-corrected chi connectivity index (χ3v) is 5.80. The summed E-state index contributed by atoms with van der Waals surface area (Å²) in [6.45, 7) is 5.28. The van der Waals surface area contributed by atoms with Gasteiger partial charge in [-0.2, -0.15) is 0 Å². The van der Waals surface area contributed by atoms with Gasteiger partial charge in [0.25, 0.3) is 0 Å². The first-order valence-corrected chi connectivity index (χ1v) is 12.2. The molecule has 0 heterocycles. The van der Waals surface area contributed by atoms with Crippen LogP contribution in [0, 0.1) is 0 Å². The predicted molar refractivity (Wildman–Crippen MR) is 146 cm³/mol. The van der Waals surface area contributed by atoms with Crippen molar-refractivity contribution in [2.75, 3.05) is 38.0 Å². The summed E-state index contributed by atoms with van der Waals surface area (Å²) in [5, 5.41) is 0. The van der Waals surface area contributed by atoms with Crippen LogP contribution in [0.4, 0.5) is 0 Å². The second kappa shape index (κ2) is 15.0. The minimum absolute atomic E-state index is 0. The van der Waals surface area contributed by atoms with Gasteiger partial charge in [0.15, 0.2) is 0 Å². The standard InChI is InChI=1S/C28H31Cl2NO.ClH/c1-2-27(23-9-5-3-6-10-23)28(24-11-7-4-8-12-24)25-13-15-26(16-14-25)32-22-21-31(19-17-29)20-18-30;/h3-16H,2,17-22H2,1H3;1H/b28-27-;. The van der Waals surface area contributed by atoms with Gasteiger partial charge in [0.05, 0.1) is 0 Å². The molecule has 0 amide bonds. The molecule has 33 heavy (non-hydrogen) atoms. The van der Waals surface area contributed by atoms with Crippen LogP contribution in [0.5, 0.6) is 5.75 Å². The second-order valence-electron chi connectivity index (χ2n) is 7.53. The Morgan fingerprint density at radius 1 is 0.697 bits per heavy atom. The molecule has 0 aliphatic rings. The van der Waals surface area contributed by atoms with E-state index in [0.29, 0.717) is 18.4 Å². The van der Waals surface area contributed by atoms with E-state index >= 15 is 0 Å². The number of allylic oxidation sites excluding steroid dienone is 1. The Bertz CT molecular complexity index is 953. The predicted octanol–water partition coefficient (Wildman–Crippen LogP) is 7.64. The fourth-order valence-corrected chi connectivity index (χ4v) is 4.35. The van der Waals surface area contributed by atoms with Gasteiger partial charge in [-0.3, -0.25) is 4.90 Å². The van der Waals surface area contributed by atoms with Gasteiger partial charge in [0.2, 0.25) is 0 Å². The van der Waals surface area contributed by atoms with Crippen LogP contribution < -0.4 is 4.74 Å². The molecular formula is C28H32Cl3NO. The van der Waals surface area contributed by atoms with E-state index in [1.54, 1.807) is 0 Å². The quantitative estimate of drug-likeness (QED) is 0.186. The zero-order valence-electron chi connectivity index (χ0n) is 19.1. The van der Waals surface area contributed by atoms with Crippen molar-refractivity contribution in [3.63, 3.8) is 0 Å². The summed E-state index contributed by atoms with van der Waals surface area (Å²) in [6, 6.07) is 29.7. The lowest BCUT2D eigenvalue weighted by atomic mass is 9.88. The van der Waals surface area contributed by atoms with Gasteiger partial charge in [0.1, 0.15) is 12.4 Å². The lowest BCUT2D eigenvalue weighted by molar-refractivity contribution is 0.224. The lowest BCUT2D eigenvalue weighted by Gasteiger charge is -2.20. The first kappa shape index (κ1) is 27.3. The highest BCUT2D eigenvalue weighted by Gasteiger charge is 2.13. The molecule has 5 heteroatoms. The molecule has 3 aromatic rings. The van der Waals surface area contributed by atoms with Gasteiger partial charge in [-0.25, -0.2) is 0 Å². The number of nitrogens with zero attached hydrogens (tertiary/aromatic N) is 1. The topological polar surface area (TPSA) is 12.5 Å². The van der Waals surface area contributed by atoms with Crippen LogP contribution >= 0.6 is 35.6 Å². The van der Waals surface area contributed by atoms with Crippen molar-refractivity contribution < 1.29 is 4.74 Å². The van der Waals surface area contributed by atoms with Gasteiger partial charge in [-0.15, -0.1) is 35.6 Å². The number of benzene rings is 3. The molecule has 0 fully saturated rings. The van der Waals surface area contributed by atoms with Crippen molar-refractivity contribution in [2.24, 2.45) is 0 Å². The minimum Gasteiger partial charge on any atom is -0.492 e. The average molecular weight is 505 g/mol. The van der Waals surface area contributed by atoms with Crippen LogP contribution in [0.25, 0.3) is 11.1 Å². The van der Waals surface area contributed by atoms with Gasteiger partial charge in [0, 0.05) is 31.4 Å². The summed E-state index contributed by atoms with van der Waals surface area (Å²) < 4.78 is 6.00. The van der Waals surface area contributed by atoms with Crippen LogP contribution in [0.15, 0.2) is 84.9 Å². The summed E-state index contributed by atoms with van der Waals surface area (Å²) in [5.41, 5.74) is 6.27. The summed E-state index contributed by atoms with van der Waals surface area (Å²) in [4.78, 5) is 2.22. The molecule has 2 nitrogen and oxygen atoms in total. The van der Waals surface area contributed by atoms with Crippen molar-refractivity contribution in [3.8, 4) is 5.75 Å². The smallest absolute Gasteiger partial charge is 0.119 e. The number of alkyl halides is 2. The SMILES string of the molecule is CC/C(=C(\c1ccccc1)c1ccc(OCCN(CCCl)CCCl)cc1)c1ccccc1.Cl. The molecule has 0 spiro atoms. The van der Waals surface area contributed by atoms with Crippen molar-refractivity contribution in [3.05, 3.63) is 102 Å². The number of halogens is 3. The maximum atomic E-state index is 6.00. The summed E-state index contributed by atoms with van der Waals surface area (Å²) >= 11 is 11.8. The van der Waals surface area contributed by atoms with Crippen LogP contribution in [0.3, 0.4) is 0 Å². The third-order valence-electron chi connectivity index (χ3n) is 5.46. The van der Waals surface area contributed by atoms with E-state index < -0.39 is 0 Å². The van der Waals surface area contributed by atoms with E-state index in [0.717, 1.165) is 31.8 Å². The Morgan fingerprint density at radius 3 is 1.73 bits per heavy atom. The van der Waals surface area contributed by atoms with E-state index in [2.05, 4.69) is 96.8 Å². The van der Waals surface area contributed by atoms with Crippen LogP contribution in [0.2, 0.25) is 0 Å². The molecule has 0 unspecified atom stereocenters. The number of hydrogen-bond acceptors (Lipinski definition) is 2. The summed E-state index contributed by atoms with van der Waals surface area (Å²) in [6.07, 6.45) is 0.948. The first-order valence-electron chi connectivity index (χ1n) is 11.2. The Hall–Kier alpha value is -1.97. The van der Waals surface area contributed by atoms with Gasteiger partial charge >= 0.3 is 0 Å². The minimum atomic E-state index is 0. The molecular weight excluding hydrogens is 473 g/mol. The van der Waals surface area contributed by atoms with Crippen LogP contribution in [-0.4, -0.2) is 42.9 Å². The number of ether oxygens (including phenoxy) is 1. The van der Waals surface area contributed by atoms with Gasteiger partial charge in [-0.05, 0) is 46.4 Å². The largest absolute Gasteiger partial charge is 0.492 e. The van der Waals surface area contributed by atoms with Crippen molar-refractivity contribution >= 4 is 46.8 Å². The highest BCUT2D eigenvalue weighted by molar-refractivity contribution is 6.18. The molecule has 0 aliphatic carbocycles. The fraction of sp³-hybridized carbons (Fsp3) is 0.286. The molecule has 0 N–H and O–H groups in total. The van der Waals surface area contributed by atoms with Gasteiger partial charge < -0.3 is 4.74 Å². The summed E-state index contributed by atoms with van der Waals surface area (Å²) in [5.74, 6) is 2.07.